The third-order valence-corrected chi connectivity index (χ3v) is 10.9. The maximum absolute atomic E-state index is 15.4. The van der Waals surface area contributed by atoms with Crippen LogP contribution in [0.4, 0.5) is 27.1 Å². The number of nitrogens with one attached hydrogen (secondary N) is 2. The molecule has 3 heterocycles. The molecule has 6 heteroatoms. The van der Waals surface area contributed by atoms with Gasteiger partial charge < -0.3 is 10.6 Å². The number of fused-ring (bicyclic) bond motifs is 6. The van der Waals surface area contributed by atoms with E-state index in [1.807, 2.05) is 41.7 Å². The van der Waals surface area contributed by atoms with Crippen molar-refractivity contribution >= 4 is 85.8 Å². The maximum Gasteiger partial charge on any atom is 0.132 e. The molecular formula is C41H26FN3S2. The van der Waals surface area contributed by atoms with Crippen molar-refractivity contribution in [3.05, 3.63) is 152 Å². The van der Waals surface area contributed by atoms with Gasteiger partial charge in [-0.2, -0.15) is 0 Å². The Kier molecular flexibility index (Phi) is 6.70. The topological polar surface area (TPSA) is 37.0 Å². The molecule has 0 radical (unpaired) electrons. The average molecular weight is 644 g/mol. The summed E-state index contributed by atoms with van der Waals surface area (Å²) in [7, 11) is 0. The van der Waals surface area contributed by atoms with Gasteiger partial charge in [0.2, 0.25) is 0 Å². The molecule has 0 unspecified atom stereocenters. The Morgan fingerprint density at radius 1 is 0.489 bits per heavy atom. The van der Waals surface area contributed by atoms with E-state index in [0.717, 1.165) is 59.8 Å². The van der Waals surface area contributed by atoms with Crippen molar-refractivity contribution < 1.29 is 4.39 Å². The van der Waals surface area contributed by atoms with E-state index >= 15 is 4.39 Å². The van der Waals surface area contributed by atoms with Gasteiger partial charge in [0.25, 0.3) is 0 Å². The molecule has 0 amide bonds. The van der Waals surface area contributed by atoms with Crippen LogP contribution in [0.25, 0.3) is 62.6 Å². The van der Waals surface area contributed by atoms with E-state index in [2.05, 4.69) is 113 Å². The quantitative estimate of drug-likeness (QED) is 0.189. The minimum atomic E-state index is -0.207. The van der Waals surface area contributed by atoms with E-state index in [9.17, 15) is 0 Å². The van der Waals surface area contributed by atoms with Crippen molar-refractivity contribution in [1.82, 2.24) is 4.98 Å². The molecular weight excluding hydrogens is 618 g/mol. The summed E-state index contributed by atoms with van der Waals surface area (Å²) in [5, 5.41) is 11.2. The SMILES string of the molecule is Fc1ccc(-c2ccc(-c3cccc(Nc4ccc5c(c4)sc4ccccc45)c3)cc2)c2sc3ccc(Nc4cccnc4)cc3c12. The van der Waals surface area contributed by atoms with E-state index in [1.54, 1.807) is 29.8 Å². The van der Waals surface area contributed by atoms with Crippen molar-refractivity contribution in [2.45, 2.75) is 0 Å². The Balaban J connectivity index is 1.01. The predicted octanol–water partition coefficient (Wildman–Crippen LogP) is 12.8. The molecule has 6 aromatic carbocycles. The molecule has 9 rings (SSSR count). The van der Waals surface area contributed by atoms with Crippen LogP contribution in [-0.2, 0) is 0 Å². The molecule has 3 aromatic heterocycles. The highest BCUT2D eigenvalue weighted by molar-refractivity contribution is 7.26. The van der Waals surface area contributed by atoms with E-state index < -0.39 is 0 Å². The van der Waals surface area contributed by atoms with Crippen molar-refractivity contribution in [3.8, 4) is 22.3 Å². The van der Waals surface area contributed by atoms with Gasteiger partial charge in [0.05, 0.1) is 11.9 Å². The molecule has 47 heavy (non-hydrogen) atoms. The minimum Gasteiger partial charge on any atom is -0.355 e. The molecule has 224 valence electrons. The molecule has 3 nitrogen and oxygen atoms in total. The first-order chi connectivity index (χ1) is 23.2. The molecule has 9 aromatic rings. The first-order valence-electron chi connectivity index (χ1n) is 15.4. The fraction of sp³-hybridized carbons (Fsp3) is 0. The summed E-state index contributed by atoms with van der Waals surface area (Å²) in [6.45, 7) is 0. The fourth-order valence-electron chi connectivity index (χ4n) is 6.34. The van der Waals surface area contributed by atoms with Crippen LogP contribution in [-0.4, -0.2) is 4.98 Å². The van der Waals surface area contributed by atoms with E-state index in [4.69, 9.17) is 0 Å². The van der Waals surface area contributed by atoms with Crippen LogP contribution in [0.1, 0.15) is 0 Å². The average Bonchev–Trinajstić information content (AvgIpc) is 3.68. The van der Waals surface area contributed by atoms with Gasteiger partial charge >= 0.3 is 0 Å². The van der Waals surface area contributed by atoms with Gasteiger partial charge in [-0.25, -0.2) is 4.39 Å². The van der Waals surface area contributed by atoms with Crippen molar-refractivity contribution in [2.24, 2.45) is 0 Å². The number of pyridine rings is 1. The van der Waals surface area contributed by atoms with Crippen LogP contribution >= 0.6 is 22.7 Å². The Hall–Kier alpha value is -5.56. The maximum atomic E-state index is 15.4. The van der Waals surface area contributed by atoms with Gasteiger partial charge in [0.1, 0.15) is 5.82 Å². The van der Waals surface area contributed by atoms with Gasteiger partial charge in [0.15, 0.2) is 0 Å². The number of halogens is 1. The zero-order valence-corrected chi connectivity index (χ0v) is 26.6. The Bertz CT molecular complexity index is 2590. The van der Waals surface area contributed by atoms with E-state index in [-0.39, 0.29) is 5.82 Å². The van der Waals surface area contributed by atoms with Gasteiger partial charge in [-0.3, -0.25) is 4.98 Å². The van der Waals surface area contributed by atoms with E-state index in [1.165, 1.54) is 20.2 Å². The molecule has 2 N–H and O–H groups in total. The standard InChI is InChI=1S/C41H26FN3S2/c42-36-18-17-32(41-40(36)35-22-29(15-19-38(35)47-41)45-31-7-4-20-43-24-31)26-12-10-25(11-13-26)27-5-3-6-28(21-27)44-30-14-16-34-33-8-1-2-9-37(33)46-39(34)23-30/h1-24,44-45H. The number of thiophene rings is 2. The molecule has 0 spiro atoms. The number of nitrogens with zero attached hydrogens (tertiary/aromatic N) is 1. The summed E-state index contributed by atoms with van der Waals surface area (Å²) in [6.07, 6.45) is 3.52. The second-order valence-electron chi connectivity index (χ2n) is 11.6. The molecule has 0 saturated carbocycles. The first-order valence-corrected chi connectivity index (χ1v) is 17.0. The number of benzene rings is 6. The molecule has 0 saturated heterocycles. The zero-order valence-electron chi connectivity index (χ0n) is 25.0. The van der Waals surface area contributed by atoms with Crippen LogP contribution in [0.2, 0.25) is 0 Å². The molecule has 0 aliphatic carbocycles. The van der Waals surface area contributed by atoms with Crippen LogP contribution in [0.5, 0.6) is 0 Å². The number of aromatic nitrogens is 1. The molecule has 0 fully saturated rings. The molecule has 0 aliphatic heterocycles. The van der Waals surface area contributed by atoms with Crippen molar-refractivity contribution in [3.63, 3.8) is 0 Å². The second-order valence-corrected chi connectivity index (χ2v) is 13.7. The van der Waals surface area contributed by atoms with Crippen molar-refractivity contribution in [1.29, 1.82) is 0 Å². The minimum absolute atomic E-state index is 0.207. The highest BCUT2D eigenvalue weighted by Gasteiger charge is 2.15. The zero-order chi connectivity index (χ0) is 31.3. The summed E-state index contributed by atoms with van der Waals surface area (Å²) >= 11 is 3.45. The summed E-state index contributed by atoms with van der Waals surface area (Å²) < 4.78 is 20.0. The molecule has 0 bridgehead atoms. The lowest BCUT2D eigenvalue weighted by Gasteiger charge is -2.10. The smallest absolute Gasteiger partial charge is 0.132 e. The lowest BCUT2D eigenvalue weighted by atomic mass is 9.98. The lowest BCUT2D eigenvalue weighted by molar-refractivity contribution is 0.641. The third-order valence-electron chi connectivity index (χ3n) is 8.58. The monoisotopic (exact) mass is 643 g/mol. The molecule has 0 atom stereocenters. The van der Waals surface area contributed by atoms with E-state index in [0.29, 0.717) is 5.39 Å². The largest absolute Gasteiger partial charge is 0.355 e. The Morgan fingerprint density at radius 2 is 1.23 bits per heavy atom. The van der Waals surface area contributed by atoms with Gasteiger partial charge in [-0.05, 0) is 89.0 Å². The second kappa shape index (κ2) is 11.4. The van der Waals surface area contributed by atoms with Gasteiger partial charge in [-0.15, -0.1) is 22.7 Å². The van der Waals surface area contributed by atoms with Gasteiger partial charge in [0, 0.05) is 63.6 Å². The summed E-state index contributed by atoms with van der Waals surface area (Å²) in [4.78, 5) is 4.18. The number of rotatable bonds is 6. The Labute approximate surface area is 278 Å². The summed E-state index contributed by atoms with van der Waals surface area (Å²) in [5.41, 5.74) is 8.24. The summed E-state index contributed by atoms with van der Waals surface area (Å²) in [6, 6.07) is 45.7. The Morgan fingerprint density at radius 3 is 2.13 bits per heavy atom. The highest BCUT2D eigenvalue weighted by atomic mass is 32.1. The number of hydrogen-bond acceptors (Lipinski definition) is 5. The van der Waals surface area contributed by atoms with Gasteiger partial charge in [-0.1, -0.05) is 66.7 Å². The molecule has 0 aliphatic rings. The number of anilines is 4. The first kappa shape index (κ1) is 27.7. The lowest BCUT2D eigenvalue weighted by Crippen LogP contribution is -1.90. The van der Waals surface area contributed by atoms with Crippen LogP contribution in [0.3, 0.4) is 0 Å². The van der Waals surface area contributed by atoms with Crippen LogP contribution < -0.4 is 10.6 Å². The third kappa shape index (κ3) is 5.08. The highest BCUT2D eigenvalue weighted by Crippen LogP contribution is 2.43. The van der Waals surface area contributed by atoms with Crippen LogP contribution in [0, 0.1) is 5.82 Å². The normalized spacial score (nSPS) is 11.5. The number of hydrogen-bond donors (Lipinski definition) is 2. The van der Waals surface area contributed by atoms with Crippen molar-refractivity contribution in [2.75, 3.05) is 10.6 Å². The predicted molar refractivity (Wildman–Crippen MR) is 200 cm³/mol. The fourth-order valence-corrected chi connectivity index (χ4v) is 8.72. The summed E-state index contributed by atoms with van der Waals surface area (Å²) in [5.74, 6) is -0.207. The van der Waals surface area contributed by atoms with Crippen LogP contribution in [0.15, 0.2) is 146 Å².